The fraction of sp³-hybridized carbons (Fsp3) is 0.312. The predicted octanol–water partition coefficient (Wildman–Crippen LogP) is 3.25. The Morgan fingerprint density at radius 1 is 1.17 bits per heavy atom. The van der Waals surface area contributed by atoms with E-state index in [4.69, 9.17) is 14.0 Å². The molecule has 23 heavy (non-hydrogen) atoms. The van der Waals surface area contributed by atoms with Crippen LogP contribution in [0.3, 0.4) is 0 Å². The number of benzene rings is 1. The normalized spacial score (nSPS) is 10.8. The SMILES string of the molecule is CCc1noc2nc(C)nc(Nc3ccc(OC)cc3OC)c12. The van der Waals surface area contributed by atoms with E-state index in [1.807, 2.05) is 32.0 Å². The number of anilines is 2. The van der Waals surface area contributed by atoms with E-state index >= 15 is 0 Å². The monoisotopic (exact) mass is 314 g/mol. The highest BCUT2D eigenvalue weighted by Gasteiger charge is 2.16. The first-order valence-corrected chi connectivity index (χ1v) is 7.28. The van der Waals surface area contributed by atoms with E-state index in [2.05, 4.69) is 20.4 Å². The lowest BCUT2D eigenvalue weighted by Gasteiger charge is -2.12. The maximum atomic E-state index is 5.42. The molecule has 0 aliphatic rings. The van der Waals surface area contributed by atoms with E-state index in [0.717, 1.165) is 28.9 Å². The van der Waals surface area contributed by atoms with Crippen LogP contribution in [0.25, 0.3) is 11.1 Å². The number of hydrogen-bond donors (Lipinski definition) is 1. The number of nitrogens with one attached hydrogen (secondary N) is 1. The minimum absolute atomic E-state index is 0.476. The summed E-state index contributed by atoms with van der Waals surface area (Å²) in [4.78, 5) is 8.77. The summed E-state index contributed by atoms with van der Waals surface area (Å²) in [5.74, 6) is 2.62. The van der Waals surface area contributed by atoms with Crippen LogP contribution in [0.1, 0.15) is 18.4 Å². The van der Waals surface area contributed by atoms with Crippen LogP contribution in [0, 0.1) is 6.92 Å². The molecule has 2 aromatic heterocycles. The Bertz CT molecular complexity index is 845. The van der Waals surface area contributed by atoms with Gasteiger partial charge >= 0.3 is 0 Å². The molecule has 0 spiro atoms. The van der Waals surface area contributed by atoms with E-state index < -0.39 is 0 Å². The molecular formula is C16H18N4O3. The topological polar surface area (TPSA) is 82.3 Å². The Labute approximate surface area is 133 Å². The van der Waals surface area contributed by atoms with Gasteiger partial charge in [-0.25, -0.2) is 4.98 Å². The molecule has 0 bridgehead atoms. The Morgan fingerprint density at radius 3 is 2.70 bits per heavy atom. The molecule has 0 saturated carbocycles. The molecule has 0 amide bonds. The number of fused-ring (bicyclic) bond motifs is 1. The van der Waals surface area contributed by atoms with Gasteiger partial charge < -0.3 is 19.3 Å². The molecule has 3 rings (SSSR count). The van der Waals surface area contributed by atoms with Crippen LogP contribution < -0.4 is 14.8 Å². The first-order valence-electron chi connectivity index (χ1n) is 7.28. The van der Waals surface area contributed by atoms with Crippen molar-refractivity contribution in [1.82, 2.24) is 15.1 Å². The third-order valence-corrected chi connectivity index (χ3v) is 3.52. The van der Waals surface area contributed by atoms with Crippen molar-refractivity contribution >= 4 is 22.6 Å². The number of ether oxygens (including phenoxy) is 2. The molecule has 0 unspecified atom stereocenters. The van der Waals surface area contributed by atoms with Gasteiger partial charge in [0.05, 0.1) is 25.6 Å². The summed E-state index contributed by atoms with van der Waals surface area (Å²) in [5, 5.41) is 8.13. The zero-order chi connectivity index (χ0) is 16.4. The van der Waals surface area contributed by atoms with E-state index in [1.165, 1.54) is 0 Å². The molecule has 0 aliphatic carbocycles. The molecule has 7 nitrogen and oxygen atoms in total. The number of nitrogens with zero attached hydrogens (tertiary/aromatic N) is 3. The van der Waals surface area contributed by atoms with Crippen molar-refractivity contribution in [3.05, 3.63) is 29.7 Å². The first-order chi connectivity index (χ1) is 11.2. The minimum Gasteiger partial charge on any atom is -0.497 e. The Kier molecular flexibility index (Phi) is 4.01. The van der Waals surface area contributed by atoms with Gasteiger partial charge in [-0.1, -0.05) is 12.1 Å². The summed E-state index contributed by atoms with van der Waals surface area (Å²) in [7, 11) is 3.22. The first kappa shape index (κ1) is 15.1. The maximum Gasteiger partial charge on any atom is 0.263 e. The van der Waals surface area contributed by atoms with Crippen molar-refractivity contribution in [3.63, 3.8) is 0 Å². The van der Waals surface area contributed by atoms with Crippen molar-refractivity contribution in [2.24, 2.45) is 0 Å². The highest BCUT2D eigenvalue weighted by molar-refractivity contribution is 5.90. The largest absolute Gasteiger partial charge is 0.497 e. The summed E-state index contributed by atoms with van der Waals surface area (Å²) in [6.45, 7) is 3.82. The van der Waals surface area contributed by atoms with E-state index in [0.29, 0.717) is 23.1 Å². The molecular weight excluding hydrogens is 296 g/mol. The molecule has 0 atom stereocenters. The lowest BCUT2D eigenvalue weighted by Crippen LogP contribution is -2.01. The number of hydrogen-bond acceptors (Lipinski definition) is 7. The Hall–Kier alpha value is -2.83. The fourth-order valence-corrected chi connectivity index (χ4v) is 2.38. The molecule has 120 valence electrons. The predicted molar refractivity (Wildman–Crippen MR) is 86.5 cm³/mol. The molecule has 0 fully saturated rings. The Balaban J connectivity index is 2.09. The van der Waals surface area contributed by atoms with Gasteiger partial charge in [-0.3, -0.25) is 0 Å². The molecule has 2 heterocycles. The van der Waals surface area contributed by atoms with Gasteiger partial charge in [0.25, 0.3) is 5.71 Å². The summed E-state index contributed by atoms with van der Waals surface area (Å²) < 4.78 is 15.9. The average molecular weight is 314 g/mol. The molecule has 1 N–H and O–H groups in total. The summed E-state index contributed by atoms with van der Waals surface area (Å²) in [6, 6.07) is 5.53. The van der Waals surface area contributed by atoms with Crippen LogP contribution in [-0.2, 0) is 6.42 Å². The zero-order valence-electron chi connectivity index (χ0n) is 13.5. The van der Waals surface area contributed by atoms with Crippen molar-refractivity contribution in [2.45, 2.75) is 20.3 Å². The molecule has 0 radical (unpaired) electrons. The highest BCUT2D eigenvalue weighted by atomic mass is 16.5. The van der Waals surface area contributed by atoms with Gasteiger partial charge in [0.1, 0.15) is 28.5 Å². The summed E-state index contributed by atoms with van der Waals surface area (Å²) in [5.41, 5.74) is 2.07. The standard InChI is InChI=1S/C16H18N4O3/c1-5-11-14-15(17-9(2)18-16(14)23-20-11)19-12-7-6-10(21-3)8-13(12)22-4/h6-8H,5H2,1-4H3,(H,17,18,19). The minimum atomic E-state index is 0.476. The van der Waals surface area contributed by atoms with Crippen LogP contribution in [0.4, 0.5) is 11.5 Å². The second-order valence-corrected chi connectivity index (χ2v) is 4.97. The summed E-state index contributed by atoms with van der Waals surface area (Å²) in [6.07, 6.45) is 0.730. The van der Waals surface area contributed by atoms with Crippen molar-refractivity contribution in [3.8, 4) is 11.5 Å². The molecule has 7 heteroatoms. The molecule has 0 saturated heterocycles. The third-order valence-electron chi connectivity index (χ3n) is 3.52. The van der Waals surface area contributed by atoms with Gasteiger partial charge in [0, 0.05) is 6.07 Å². The quantitative estimate of drug-likeness (QED) is 0.774. The number of aryl methyl sites for hydroxylation is 2. The van der Waals surface area contributed by atoms with Crippen molar-refractivity contribution in [2.75, 3.05) is 19.5 Å². The van der Waals surface area contributed by atoms with E-state index in [-0.39, 0.29) is 0 Å². The number of aromatic nitrogens is 3. The van der Waals surface area contributed by atoms with Gasteiger partial charge in [0.15, 0.2) is 0 Å². The van der Waals surface area contributed by atoms with Gasteiger partial charge in [-0.2, -0.15) is 4.98 Å². The lowest BCUT2D eigenvalue weighted by molar-refractivity contribution is 0.395. The molecule has 1 aromatic carbocycles. The van der Waals surface area contributed by atoms with Gasteiger partial charge in [0.2, 0.25) is 0 Å². The second-order valence-electron chi connectivity index (χ2n) is 4.97. The van der Waals surface area contributed by atoms with Crippen molar-refractivity contribution < 1.29 is 14.0 Å². The van der Waals surface area contributed by atoms with Crippen LogP contribution in [-0.4, -0.2) is 29.3 Å². The summed E-state index contributed by atoms with van der Waals surface area (Å²) >= 11 is 0. The maximum absolute atomic E-state index is 5.42. The van der Waals surface area contributed by atoms with Crippen LogP contribution in [0.2, 0.25) is 0 Å². The van der Waals surface area contributed by atoms with Crippen LogP contribution in [0.5, 0.6) is 11.5 Å². The van der Waals surface area contributed by atoms with Crippen LogP contribution >= 0.6 is 0 Å². The van der Waals surface area contributed by atoms with E-state index in [1.54, 1.807) is 14.2 Å². The number of rotatable bonds is 5. The average Bonchev–Trinajstić information content (AvgIpc) is 2.98. The van der Waals surface area contributed by atoms with Crippen molar-refractivity contribution in [1.29, 1.82) is 0 Å². The lowest BCUT2D eigenvalue weighted by atomic mass is 10.2. The Morgan fingerprint density at radius 2 is 2.00 bits per heavy atom. The molecule has 0 aliphatic heterocycles. The highest BCUT2D eigenvalue weighted by Crippen LogP contribution is 2.33. The smallest absolute Gasteiger partial charge is 0.263 e. The number of methoxy groups -OCH3 is 2. The second kappa shape index (κ2) is 6.12. The third kappa shape index (κ3) is 2.77. The molecule has 3 aromatic rings. The zero-order valence-corrected chi connectivity index (χ0v) is 13.5. The van der Waals surface area contributed by atoms with Gasteiger partial charge in [-0.15, -0.1) is 0 Å². The van der Waals surface area contributed by atoms with E-state index in [9.17, 15) is 0 Å². The fourth-order valence-electron chi connectivity index (χ4n) is 2.38. The van der Waals surface area contributed by atoms with Gasteiger partial charge in [-0.05, 0) is 25.5 Å². The van der Waals surface area contributed by atoms with Crippen LogP contribution in [0.15, 0.2) is 22.7 Å².